The highest BCUT2D eigenvalue weighted by atomic mass is 35.5. The molecule has 1 aliphatic heterocycles. The Balaban J connectivity index is 2.02. The molecule has 0 radical (unpaired) electrons. The van der Waals surface area contributed by atoms with Crippen LogP contribution in [0.3, 0.4) is 0 Å². The van der Waals surface area contributed by atoms with E-state index in [0.29, 0.717) is 5.92 Å². The number of benzene rings is 1. The number of rotatable bonds is 3. The number of aliphatic hydroxyl groups is 1. The lowest BCUT2D eigenvalue weighted by atomic mass is 9.98. The highest BCUT2D eigenvalue weighted by molar-refractivity contribution is 6.31. The number of nitrogens with two attached hydrogens (primary N) is 1. The number of likely N-dealkylation sites (tertiary alicyclic amines) is 1. The van der Waals surface area contributed by atoms with Gasteiger partial charge in [0.2, 0.25) is 0 Å². The van der Waals surface area contributed by atoms with Crippen LogP contribution >= 0.6 is 11.6 Å². The summed E-state index contributed by atoms with van der Waals surface area (Å²) >= 11 is 6.15. The van der Waals surface area contributed by atoms with E-state index in [1.54, 1.807) is 0 Å². The number of nitrogens with zero attached hydrogens (tertiary/aromatic N) is 1. The average molecular weight is 255 g/mol. The number of aliphatic hydroxyl groups excluding tert-OH is 1. The third-order valence-electron chi connectivity index (χ3n) is 3.33. The first kappa shape index (κ1) is 12.7. The van der Waals surface area contributed by atoms with Crippen molar-refractivity contribution in [3.63, 3.8) is 0 Å². The molecule has 0 aliphatic carbocycles. The van der Waals surface area contributed by atoms with Crippen molar-refractivity contribution in [1.29, 1.82) is 0 Å². The molecule has 1 unspecified atom stereocenters. The standard InChI is InChI=1S/C13H19ClN2O/c14-13-4-3-12(15)6-11(13)8-16-5-1-2-10(7-16)9-17/h3-4,6,10,17H,1-2,5,7-9,15H2. The minimum atomic E-state index is 0.279. The summed E-state index contributed by atoms with van der Waals surface area (Å²) in [6.07, 6.45) is 2.27. The van der Waals surface area contributed by atoms with Gasteiger partial charge in [0.15, 0.2) is 0 Å². The maximum absolute atomic E-state index is 9.20. The maximum Gasteiger partial charge on any atom is 0.0471 e. The number of hydrogen-bond donors (Lipinski definition) is 2. The van der Waals surface area contributed by atoms with E-state index in [9.17, 15) is 5.11 Å². The predicted octanol–water partition coefficient (Wildman–Crippen LogP) is 2.13. The first-order valence-corrected chi connectivity index (χ1v) is 6.44. The molecule has 1 aromatic carbocycles. The van der Waals surface area contributed by atoms with Crippen LogP contribution in [0.2, 0.25) is 5.02 Å². The lowest BCUT2D eigenvalue weighted by molar-refractivity contribution is 0.116. The van der Waals surface area contributed by atoms with E-state index in [1.165, 1.54) is 0 Å². The lowest BCUT2D eigenvalue weighted by Crippen LogP contribution is -2.36. The highest BCUT2D eigenvalue weighted by Crippen LogP contribution is 2.23. The Morgan fingerprint density at radius 3 is 3.06 bits per heavy atom. The summed E-state index contributed by atoms with van der Waals surface area (Å²) in [5.74, 6) is 0.406. The average Bonchev–Trinajstić information content (AvgIpc) is 2.34. The lowest BCUT2D eigenvalue weighted by Gasteiger charge is -2.32. The Morgan fingerprint density at radius 2 is 2.29 bits per heavy atom. The summed E-state index contributed by atoms with van der Waals surface area (Å²) < 4.78 is 0. The molecule has 3 nitrogen and oxygen atoms in total. The van der Waals surface area contributed by atoms with E-state index in [1.807, 2.05) is 18.2 Å². The van der Waals surface area contributed by atoms with Gasteiger partial charge in [-0.2, -0.15) is 0 Å². The number of nitrogen functional groups attached to an aromatic ring is 1. The van der Waals surface area contributed by atoms with E-state index < -0.39 is 0 Å². The molecule has 0 saturated carbocycles. The Hall–Kier alpha value is -0.770. The van der Waals surface area contributed by atoms with Crippen LogP contribution in [0.5, 0.6) is 0 Å². The van der Waals surface area contributed by atoms with Gasteiger partial charge in [0.05, 0.1) is 0 Å². The van der Waals surface area contributed by atoms with Crippen LogP contribution in [0.4, 0.5) is 5.69 Å². The Bertz CT molecular complexity index is 384. The molecule has 0 amide bonds. The van der Waals surface area contributed by atoms with Gasteiger partial charge in [-0.25, -0.2) is 0 Å². The summed E-state index contributed by atoms with van der Waals surface area (Å²) in [6.45, 7) is 3.12. The Morgan fingerprint density at radius 1 is 1.47 bits per heavy atom. The number of anilines is 1. The van der Waals surface area contributed by atoms with E-state index in [2.05, 4.69) is 4.90 Å². The molecule has 17 heavy (non-hydrogen) atoms. The fourth-order valence-electron chi connectivity index (χ4n) is 2.40. The number of halogens is 1. The zero-order chi connectivity index (χ0) is 12.3. The molecule has 94 valence electrons. The highest BCUT2D eigenvalue weighted by Gasteiger charge is 2.19. The molecule has 1 heterocycles. The minimum absolute atomic E-state index is 0.279. The van der Waals surface area contributed by atoms with Gasteiger partial charge in [-0.05, 0) is 49.1 Å². The smallest absolute Gasteiger partial charge is 0.0471 e. The van der Waals surface area contributed by atoms with Crippen molar-refractivity contribution in [1.82, 2.24) is 4.90 Å². The van der Waals surface area contributed by atoms with Crippen molar-refractivity contribution >= 4 is 17.3 Å². The summed E-state index contributed by atoms with van der Waals surface area (Å²) in [5, 5.41) is 9.97. The topological polar surface area (TPSA) is 49.5 Å². The molecule has 1 fully saturated rings. The second kappa shape index (κ2) is 5.71. The van der Waals surface area contributed by atoms with Crippen molar-refractivity contribution in [3.8, 4) is 0 Å². The first-order valence-electron chi connectivity index (χ1n) is 6.06. The van der Waals surface area contributed by atoms with Gasteiger partial charge in [-0.3, -0.25) is 4.90 Å². The van der Waals surface area contributed by atoms with E-state index in [-0.39, 0.29) is 6.61 Å². The molecule has 1 saturated heterocycles. The van der Waals surface area contributed by atoms with Crippen molar-refractivity contribution < 1.29 is 5.11 Å². The monoisotopic (exact) mass is 254 g/mol. The van der Waals surface area contributed by atoms with Crippen LogP contribution in [0, 0.1) is 5.92 Å². The quantitative estimate of drug-likeness (QED) is 0.813. The van der Waals surface area contributed by atoms with Gasteiger partial charge in [0.1, 0.15) is 0 Å². The van der Waals surface area contributed by atoms with Gasteiger partial charge in [-0.15, -0.1) is 0 Å². The zero-order valence-corrected chi connectivity index (χ0v) is 10.7. The minimum Gasteiger partial charge on any atom is -0.399 e. The summed E-state index contributed by atoms with van der Waals surface area (Å²) in [5.41, 5.74) is 7.59. The van der Waals surface area contributed by atoms with Crippen molar-refractivity contribution in [2.24, 2.45) is 5.92 Å². The zero-order valence-electron chi connectivity index (χ0n) is 9.90. The number of hydrogen-bond acceptors (Lipinski definition) is 3. The van der Waals surface area contributed by atoms with Gasteiger partial charge >= 0.3 is 0 Å². The van der Waals surface area contributed by atoms with Crippen LogP contribution in [0.25, 0.3) is 0 Å². The summed E-state index contributed by atoms with van der Waals surface area (Å²) in [6, 6.07) is 5.60. The largest absolute Gasteiger partial charge is 0.399 e. The number of piperidine rings is 1. The fourth-order valence-corrected chi connectivity index (χ4v) is 2.58. The Kier molecular flexibility index (Phi) is 4.26. The van der Waals surface area contributed by atoms with Crippen molar-refractivity contribution in [3.05, 3.63) is 28.8 Å². The third-order valence-corrected chi connectivity index (χ3v) is 3.69. The first-order chi connectivity index (χ1) is 8.19. The van der Waals surface area contributed by atoms with Gasteiger partial charge < -0.3 is 10.8 Å². The molecule has 1 aromatic rings. The van der Waals surface area contributed by atoms with Gasteiger partial charge in [0.25, 0.3) is 0 Å². The van der Waals surface area contributed by atoms with Crippen LogP contribution in [-0.4, -0.2) is 29.7 Å². The van der Waals surface area contributed by atoms with Crippen LogP contribution in [0.15, 0.2) is 18.2 Å². The van der Waals surface area contributed by atoms with Crippen LogP contribution < -0.4 is 5.73 Å². The third kappa shape index (κ3) is 3.35. The maximum atomic E-state index is 9.20. The molecule has 1 aliphatic rings. The molecule has 2 rings (SSSR count). The second-order valence-corrected chi connectivity index (χ2v) is 5.18. The van der Waals surface area contributed by atoms with Crippen molar-refractivity contribution in [2.45, 2.75) is 19.4 Å². The molecule has 0 bridgehead atoms. The Labute approximate surface area is 107 Å². The van der Waals surface area contributed by atoms with Gasteiger partial charge in [0, 0.05) is 30.4 Å². The summed E-state index contributed by atoms with van der Waals surface area (Å²) in [4.78, 5) is 2.34. The van der Waals surface area contributed by atoms with Crippen LogP contribution in [-0.2, 0) is 6.54 Å². The van der Waals surface area contributed by atoms with Gasteiger partial charge in [-0.1, -0.05) is 11.6 Å². The molecule has 1 atom stereocenters. The van der Waals surface area contributed by atoms with Crippen LogP contribution in [0.1, 0.15) is 18.4 Å². The second-order valence-electron chi connectivity index (χ2n) is 4.78. The molecule has 0 spiro atoms. The molecule has 3 N–H and O–H groups in total. The van der Waals surface area contributed by atoms with E-state index >= 15 is 0 Å². The van der Waals surface area contributed by atoms with Crippen molar-refractivity contribution in [2.75, 3.05) is 25.4 Å². The summed E-state index contributed by atoms with van der Waals surface area (Å²) in [7, 11) is 0. The SMILES string of the molecule is Nc1ccc(Cl)c(CN2CCCC(CO)C2)c1. The molecule has 4 heteroatoms. The molecule has 0 aromatic heterocycles. The molecular weight excluding hydrogens is 236 g/mol. The fraction of sp³-hybridized carbons (Fsp3) is 0.538. The van der Waals surface area contributed by atoms with E-state index in [0.717, 1.165) is 48.7 Å². The molecular formula is C13H19ClN2O. The normalized spacial score (nSPS) is 21.6. The van der Waals surface area contributed by atoms with E-state index in [4.69, 9.17) is 17.3 Å². The predicted molar refractivity (Wildman–Crippen MR) is 71.0 cm³/mol.